The third kappa shape index (κ3) is 2.52. The van der Waals surface area contributed by atoms with Gasteiger partial charge < -0.3 is 10.0 Å². The minimum absolute atomic E-state index is 0.148. The van der Waals surface area contributed by atoms with Crippen LogP contribution in [0.25, 0.3) is 0 Å². The Bertz CT molecular complexity index is 432. The van der Waals surface area contributed by atoms with Crippen molar-refractivity contribution >= 4 is 16.5 Å². The van der Waals surface area contributed by atoms with Crippen LogP contribution in [0.3, 0.4) is 0 Å². The van der Waals surface area contributed by atoms with E-state index in [2.05, 4.69) is 11.8 Å². The number of anilines is 1. The maximum absolute atomic E-state index is 9.49. The van der Waals surface area contributed by atoms with Crippen LogP contribution in [0.5, 0.6) is 0 Å². The van der Waals surface area contributed by atoms with Crippen molar-refractivity contribution in [1.82, 2.24) is 4.98 Å². The van der Waals surface area contributed by atoms with Crippen LogP contribution in [0.1, 0.15) is 56.0 Å². The molecule has 3 nitrogen and oxygen atoms in total. The first kappa shape index (κ1) is 13.4. The number of hydrogen-bond acceptors (Lipinski definition) is 4. The van der Waals surface area contributed by atoms with Gasteiger partial charge in [0.2, 0.25) is 0 Å². The molecule has 1 saturated heterocycles. The van der Waals surface area contributed by atoms with Crippen LogP contribution >= 0.6 is 11.3 Å². The van der Waals surface area contributed by atoms with Crippen LogP contribution in [0, 0.1) is 5.92 Å². The number of fused-ring (bicyclic) bond motifs is 1. The summed E-state index contributed by atoms with van der Waals surface area (Å²) in [6.07, 6.45) is 8.95. The van der Waals surface area contributed by atoms with E-state index in [9.17, 15) is 5.11 Å². The van der Waals surface area contributed by atoms with Gasteiger partial charge in [0.15, 0.2) is 5.13 Å². The first-order valence-electron chi connectivity index (χ1n) is 7.69. The molecule has 1 aliphatic heterocycles. The number of nitrogens with zero attached hydrogens (tertiary/aromatic N) is 2. The van der Waals surface area contributed by atoms with Crippen LogP contribution in [0.4, 0.5) is 5.13 Å². The number of aliphatic hydroxyl groups is 1. The van der Waals surface area contributed by atoms with Crippen molar-refractivity contribution in [3.8, 4) is 0 Å². The number of rotatable bonds is 4. The van der Waals surface area contributed by atoms with Crippen LogP contribution in [-0.4, -0.2) is 22.7 Å². The van der Waals surface area contributed by atoms with Crippen molar-refractivity contribution in [2.75, 3.05) is 11.4 Å². The Hall–Kier alpha value is -0.610. The largest absolute Gasteiger partial charge is 0.391 e. The molecule has 2 heterocycles. The Morgan fingerprint density at radius 3 is 2.95 bits per heavy atom. The topological polar surface area (TPSA) is 36.4 Å². The normalized spacial score (nSPS) is 26.7. The highest BCUT2D eigenvalue weighted by molar-refractivity contribution is 7.15. The van der Waals surface area contributed by atoms with E-state index in [1.54, 1.807) is 11.3 Å². The maximum atomic E-state index is 9.49. The summed E-state index contributed by atoms with van der Waals surface area (Å²) in [5, 5.41) is 10.7. The molecule has 2 fully saturated rings. The molecule has 2 atom stereocenters. The van der Waals surface area contributed by atoms with Gasteiger partial charge in [-0.1, -0.05) is 37.5 Å². The second kappa shape index (κ2) is 5.80. The van der Waals surface area contributed by atoms with E-state index >= 15 is 0 Å². The molecule has 2 aliphatic rings. The number of thiazole rings is 1. The minimum Gasteiger partial charge on any atom is -0.391 e. The zero-order chi connectivity index (χ0) is 13.2. The monoisotopic (exact) mass is 280 g/mol. The molecule has 2 unspecified atom stereocenters. The molecular weight excluding hydrogens is 256 g/mol. The second-order valence-corrected chi connectivity index (χ2v) is 6.93. The third-order valence-corrected chi connectivity index (χ3v) is 5.77. The summed E-state index contributed by atoms with van der Waals surface area (Å²) < 4.78 is 0. The summed E-state index contributed by atoms with van der Waals surface area (Å²) in [6.45, 7) is 3.49. The molecule has 1 aromatic heterocycles. The van der Waals surface area contributed by atoms with Crippen LogP contribution in [0.2, 0.25) is 0 Å². The summed E-state index contributed by atoms with van der Waals surface area (Å²) in [5.41, 5.74) is 1.13. The van der Waals surface area contributed by atoms with Gasteiger partial charge in [-0.3, -0.25) is 0 Å². The fraction of sp³-hybridized carbons (Fsp3) is 0.800. The van der Waals surface area contributed by atoms with Crippen molar-refractivity contribution in [1.29, 1.82) is 0 Å². The molecule has 3 rings (SSSR count). The van der Waals surface area contributed by atoms with Crippen molar-refractivity contribution in [3.05, 3.63) is 10.6 Å². The molecule has 4 heteroatoms. The third-order valence-electron chi connectivity index (χ3n) is 4.65. The van der Waals surface area contributed by atoms with E-state index in [4.69, 9.17) is 4.98 Å². The fourth-order valence-corrected chi connectivity index (χ4v) is 4.74. The quantitative estimate of drug-likeness (QED) is 0.919. The summed E-state index contributed by atoms with van der Waals surface area (Å²) in [6, 6.07) is 0.723. The zero-order valence-corrected chi connectivity index (χ0v) is 12.6. The zero-order valence-electron chi connectivity index (χ0n) is 11.8. The lowest BCUT2D eigenvalue weighted by atomic mass is 9.85. The SMILES string of the molecule is CCCc1nc(N2CCC3CCCCC32)sc1CO. The summed E-state index contributed by atoms with van der Waals surface area (Å²) in [5.74, 6) is 0.893. The number of hydrogen-bond donors (Lipinski definition) is 1. The van der Waals surface area contributed by atoms with Gasteiger partial charge in [-0.2, -0.15) is 0 Å². The van der Waals surface area contributed by atoms with Crippen LogP contribution in [0.15, 0.2) is 0 Å². The number of aliphatic hydroxyl groups excluding tert-OH is 1. The molecule has 19 heavy (non-hydrogen) atoms. The minimum atomic E-state index is 0.148. The van der Waals surface area contributed by atoms with Crippen LogP contribution < -0.4 is 4.90 Å². The van der Waals surface area contributed by atoms with Gasteiger partial charge in [0.05, 0.1) is 17.2 Å². The molecule has 1 aromatic rings. The highest BCUT2D eigenvalue weighted by Gasteiger charge is 2.37. The van der Waals surface area contributed by atoms with Crippen molar-refractivity contribution < 1.29 is 5.11 Å². The van der Waals surface area contributed by atoms with E-state index < -0.39 is 0 Å². The molecule has 106 valence electrons. The molecule has 1 N–H and O–H groups in total. The molecular formula is C15H24N2OS. The lowest BCUT2D eigenvalue weighted by Gasteiger charge is -2.31. The molecule has 1 aliphatic carbocycles. The second-order valence-electron chi connectivity index (χ2n) is 5.87. The standard InChI is InChI=1S/C15H24N2OS/c1-2-5-12-14(10-18)19-15(16-12)17-9-8-11-6-3-4-7-13(11)17/h11,13,18H,2-10H2,1H3. The van der Waals surface area contributed by atoms with E-state index in [0.717, 1.165) is 35.4 Å². The van der Waals surface area contributed by atoms with Gasteiger partial charge in [-0.05, 0) is 31.6 Å². The first-order valence-corrected chi connectivity index (χ1v) is 8.51. The summed E-state index contributed by atoms with van der Waals surface area (Å²) in [4.78, 5) is 8.44. The Kier molecular flexibility index (Phi) is 4.08. The molecule has 1 saturated carbocycles. The van der Waals surface area contributed by atoms with E-state index in [0.29, 0.717) is 0 Å². The van der Waals surface area contributed by atoms with Gasteiger partial charge in [0.1, 0.15) is 0 Å². The van der Waals surface area contributed by atoms with Crippen molar-refractivity contribution in [2.24, 2.45) is 5.92 Å². The van der Waals surface area contributed by atoms with Crippen LogP contribution in [-0.2, 0) is 13.0 Å². The predicted molar refractivity (Wildman–Crippen MR) is 79.7 cm³/mol. The number of aromatic nitrogens is 1. The Morgan fingerprint density at radius 2 is 2.16 bits per heavy atom. The smallest absolute Gasteiger partial charge is 0.186 e. The highest BCUT2D eigenvalue weighted by atomic mass is 32.1. The Balaban J connectivity index is 1.81. The molecule has 0 amide bonds. The summed E-state index contributed by atoms with van der Waals surface area (Å²) in [7, 11) is 0. The number of aryl methyl sites for hydroxylation is 1. The first-order chi connectivity index (χ1) is 9.33. The lowest BCUT2D eigenvalue weighted by molar-refractivity contribution is 0.284. The van der Waals surface area contributed by atoms with Crippen molar-refractivity contribution in [3.63, 3.8) is 0 Å². The van der Waals surface area contributed by atoms with Gasteiger partial charge in [0, 0.05) is 12.6 Å². The molecule has 0 radical (unpaired) electrons. The van der Waals surface area contributed by atoms with Gasteiger partial charge >= 0.3 is 0 Å². The van der Waals surface area contributed by atoms with Gasteiger partial charge in [-0.25, -0.2) is 4.98 Å². The van der Waals surface area contributed by atoms with Gasteiger partial charge in [-0.15, -0.1) is 0 Å². The van der Waals surface area contributed by atoms with E-state index in [-0.39, 0.29) is 6.61 Å². The highest BCUT2D eigenvalue weighted by Crippen LogP contribution is 2.40. The average molecular weight is 280 g/mol. The summed E-state index contributed by atoms with van der Waals surface area (Å²) >= 11 is 1.72. The average Bonchev–Trinajstić information content (AvgIpc) is 3.02. The Morgan fingerprint density at radius 1 is 1.32 bits per heavy atom. The Labute approximate surface area is 119 Å². The van der Waals surface area contributed by atoms with Gasteiger partial charge in [0.25, 0.3) is 0 Å². The molecule has 0 bridgehead atoms. The van der Waals surface area contributed by atoms with E-state index in [1.807, 2.05) is 0 Å². The van der Waals surface area contributed by atoms with E-state index in [1.165, 1.54) is 43.8 Å². The maximum Gasteiger partial charge on any atom is 0.186 e. The molecule has 0 aromatic carbocycles. The fourth-order valence-electron chi connectivity index (χ4n) is 3.69. The molecule has 0 spiro atoms. The predicted octanol–water partition coefficient (Wildman–Crippen LogP) is 3.36. The lowest BCUT2D eigenvalue weighted by Crippen LogP contribution is -2.34. The van der Waals surface area contributed by atoms with Crippen molar-refractivity contribution in [2.45, 2.75) is 64.5 Å².